The van der Waals surface area contributed by atoms with Crippen molar-refractivity contribution < 1.29 is 28.3 Å². The van der Waals surface area contributed by atoms with E-state index in [1.165, 1.54) is 6.07 Å². The third-order valence-electron chi connectivity index (χ3n) is 10.4. The first-order valence-electron chi connectivity index (χ1n) is 19.4. The molecule has 4 amide bonds. The Hall–Kier alpha value is -5.30. The standard InChI is InChI=1S/C42H48ClFN6O6/c43-27-40(53)50-19-9-10-30-26-31(15-17-37(30)50)56-28-38(51)45-18-8-4-2-1-3-5-13-39(52)48-20-22-49(23-21-48)42(55)34-24-29(14-16-35(34)44)25-36-32-11-6-7-12-33(32)41(54)47-46-36/h6-7,11-12,14-17,24,26H,1-5,8-10,13,18-23,25,27-28H2,(H,45,51)(H,47,54). The lowest BCUT2D eigenvalue weighted by Crippen LogP contribution is -2.50. The summed E-state index contributed by atoms with van der Waals surface area (Å²) in [6.07, 6.45) is 8.00. The van der Waals surface area contributed by atoms with E-state index < -0.39 is 11.7 Å². The predicted molar refractivity (Wildman–Crippen MR) is 213 cm³/mol. The highest BCUT2D eigenvalue weighted by atomic mass is 35.5. The van der Waals surface area contributed by atoms with Crippen LogP contribution in [0.1, 0.15) is 78.5 Å². The number of alkyl halides is 1. The van der Waals surface area contributed by atoms with E-state index in [9.17, 15) is 28.4 Å². The van der Waals surface area contributed by atoms with Gasteiger partial charge in [0.05, 0.1) is 16.6 Å². The van der Waals surface area contributed by atoms with Crippen LogP contribution < -0.4 is 20.5 Å². The number of carbonyl (C=O) groups is 4. The summed E-state index contributed by atoms with van der Waals surface area (Å²) in [5.41, 5.74) is 2.87. The average molecular weight is 787 g/mol. The minimum absolute atomic E-state index is 0.0228. The summed E-state index contributed by atoms with van der Waals surface area (Å²) < 4.78 is 20.6. The average Bonchev–Trinajstić information content (AvgIpc) is 3.23. The van der Waals surface area contributed by atoms with Gasteiger partial charge in [0.25, 0.3) is 17.4 Å². The Kier molecular flexibility index (Phi) is 14.1. The van der Waals surface area contributed by atoms with Crippen LogP contribution in [0, 0.1) is 5.82 Å². The molecule has 0 radical (unpaired) electrons. The van der Waals surface area contributed by atoms with E-state index in [2.05, 4.69) is 15.5 Å². The Bertz CT molecular complexity index is 2100. The Morgan fingerprint density at radius 3 is 2.36 bits per heavy atom. The molecule has 56 heavy (non-hydrogen) atoms. The minimum Gasteiger partial charge on any atom is -0.484 e. The van der Waals surface area contributed by atoms with Crippen molar-refractivity contribution in [1.82, 2.24) is 25.3 Å². The van der Waals surface area contributed by atoms with E-state index in [4.69, 9.17) is 16.3 Å². The third kappa shape index (κ3) is 10.3. The second-order valence-electron chi connectivity index (χ2n) is 14.3. The molecule has 6 rings (SSSR count). The Morgan fingerprint density at radius 1 is 0.839 bits per heavy atom. The van der Waals surface area contributed by atoms with Crippen molar-refractivity contribution in [2.45, 2.75) is 64.2 Å². The molecule has 0 atom stereocenters. The molecule has 4 aromatic rings. The molecule has 0 unspecified atom stereocenters. The number of rotatable bonds is 16. The van der Waals surface area contributed by atoms with E-state index in [-0.39, 0.29) is 41.3 Å². The van der Waals surface area contributed by atoms with E-state index in [1.54, 1.807) is 45.0 Å². The van der Waals surface area contributed by atoms with Crippen LogP contribution in [0.4, 0.5) is 10.1 Å². The fraction of sp³-hybridized carbons (Fsp3) is 0.429. The number of H-pyrrole nitrogens is 1. The molecule has 0 saturated carbocycles. The lowest BCUT2D eigenvalue weighted by atomic mass is 10.0. The van der Waals surface area contributed by atoms with E-state index in [0.717, 1.165) is 62.6 Å². The van der Waals surface area contributed by atoms with Gasteiger partial charge in [0.15, 0.2) is 6.61 Å². The number of ether oxygens (including phenoxy) is 1. The van der Waals surface area contributed by atoms with E-state index >= 15 is 0 Å². The van der Waals surface area contributed by atoms with Crippen molar-refractivity contribution in [1.29, 1.82) is 0 Å². The number of aryl methyl sites for hydroxylation is 1. The van der Waals surface area contributed by atoms with Crippen LogP contribution in [-0.4, -0.2) is 95.4 Å². The molecule has 1 aromatic heterocycles. The van der Waals surface area contributed by atoms with Crippen molar-refractivity contribution in [2.75, 3.05) is 56.7 Å². The zero-order valence-electron chi connectivity index (χ0n) is 31.5. The zero-order valence-corrected chi connectivity index (χ0v) is 32.3. The number of nitrogens with one attached hydrogen (secondary N) is 2. The summed E-state index contributed by atoms with van der Waals surface area (Å²) in [5, 5.41) is 10.8. The molecule has 2 aliphatic heterocycles. The molecular formula is C42H48ClFN6O6. The second-order valence-corrected chi connectivity index (χ2v) is 14.6. The molecule has 2 aliphatic rings. The molecule has 0 aliphatic carbocycles. The number of unbranched alkanes of at least 4 members (excludes halogenated alkanes) is 5. The van der Waals surface area contributed by atoms with Gasteiger partial charge >= 0.3 is 0 Å². The van der Waals surface area contributed by atoms with E-state index in [0.29, 0.717) is 79.9 Å². The van der Waals surface area contributed by atoms with Gasteiger partial charge in [-0.15, -0.1) is 11.6 Å². The Balaban J connectivity index is 0.827. The maximum Gasteiger partial charge on any atom is 0.272 e. The molecule has 0 spiro atoms. The summed E-state index contributed by atoms with van der Waals surface area (Å²) >= 11 is 5.75. The maximum atomic E-state index is 14.9. The first-order valence-corrected chi connectivity index (χ1v) is 20.0. The lowest BCUT2D eigenvalue weighted by molar-refractivity contribution is -0.132. The number of benzene rings is 3. The van der Waals surface area contributed by atoms with Crippen molar-refractivity contribution in [3.05, 3.63) is 99.2 Å². The summed E-state index contributed by atoms with van der Waals surface area (Å²) in [4.78, 5) is 67.9. The van der Waals surface area contributed by atoms with Crippen LogP contribution in [0.3, 0.4) is 0 Å². The normalized spacial score (nSPS) is 14.1. The number of hydrogen-bond donors (Lipinski definition) is 2. The van der Waals surface area contributed by atoms with Gasteiger partial charge < -0.3 is 24.8 Å². The Morgan fingerprint density at radius 2 is 1.57 bits per heavy atom. The first kappa shape index (κ1) is 40.4. The molecule has 2 N–H and O–H groups in total. The summed E-state index contributed by atoms with van der Waals surface area (Å²) in [6.45, 7) is 2.60. The Labute approximate surface area is 330 Å². The highest BCUT2D eigenvalue weighted by Crippen LogP contribution is 2.31. The highest BCUT2D eigenvalue weighted by molar-refractivity contribution is 6.29. The van der Waals surface area contributed by atoms with E-state index in [1.807, 2.05) is 24.3 Å². The van der Waals surface area contributed by atoms with Crippen LogP contribution in [0.2, 0.25) is 0 Å². The molecule has 14 heteroatoms. The van der Waals surface area contributed by atoms with Crippen LogP contribution >= 0.6 is 11.6 Å². The molecule has 296 valence electrons. The highest BCUT2D eigenvalue weighted by Gasteiger charge is 2.27. The summed E-state index contributed by atoms with van der Waals surface area (Å²) in [6, 6.07) is 17.1. The molecule has 1 fully saturated rings. The minimum atomic E-state index is -0.606. The molecular weight excluding hydrogens is 739 g/mol. The predicted octanol–water partition coefficient (Wildman–Crippen LogP) is 5.38. The topological polar surface area (TPSA) is 145 Å². The van der Waals surface area contributed by atoms with Crippen molar-refractivity contribution in [3.8, 4) is 5.75 Å². The van der Waals surface area contributed by atoms with Crippen LogP contribution in [0.25, 0.3) is 10.8 Å². The number of amides is 4. The number of nitrogens with zero attached hydrogens (tertiary/aromatic N) is 4. The molecule has 3 aromatic carbocycles. The number of aromatic nitrogens is 2. The second kappa shape index (κ2) is 19.5. The van der Waals surface area contributed by atoms with Gasteiger partial charge in [0.2, 0.25) is 11.8 Å². The monoisotopic (exact) mass is 786 g/mol. The molecule has 3 heterocycles. The van der Waals surface area contributed by atoms with Gasteiger partial charge in [-0.1, -0.05) is 49.9 Å². The number of fused-ring (bicyclic) bond motifs is 2. The van der Waals surface area contributed by atoms with Gasteiger partial charge in [-0.05, 0) is 73.2 Å². The smallest absolute Gasteiger partial charge is 0.272 e. The van der Waals surface area contributed by atoms with Gasteiger partial charge in [0, 0.05) is 63.2 Å². The van der Waals surface area contributed by atoms with Crippen molar-refractivity contribution in [2.24, 2.45) is 0 Å². The van der Waals surface area contributed by atoms with Crippen molar-refractivity contribution >= 4 is 51.7 Å². The summed E-state index contributed by atoms with van der Waals surface area (Å²) in [7, 11) is 0. The number of hydrogen-bond acceptors (Lipinski definition) is 7. The van der Waals surface area contributed by atoms with Gasteiger partial charge in [-0.25, -0.2) is 9.49 Å². The van der Waals surface area contributed by atoms with Crippen LogP contribution in [-0.2, 0) is 27.2 Å². The quantitative estimate of drug-likeness (QED) is 0.115. The molecule has 0 bridgehead atoms. The number of anilines is 1. The number of piperazine rings is 1. The van der Waals surface area contributed by atoms with Crippen LogP contribution in [0.5, 0.6) is 5.75 Å². The fourth-order valence-electron chi connectivity index (χ4n) is 7.36. The fourth-order valence-corrected chi connectivity index (χ4v) is 7.51. The van der Waals surface area contributed by atoms with Crippen LogP contribution in [0.15, 0.2) is 65.5 Å². The first-order chi connectivity index (χ1) is 27.2. The molecule has 12 nitrogen and oxygen atoms in total. The number of carbonyl (C=O) groups excluding carboxylic acids is 4. The largest absolute Gasteiger partial charge is 0.484 e. The summed E-state index contributed by atoms with van der Waals surface area (Å²) in [5.74, 6) is -0.723. The lowest BCUT2D eigenvalue weighted by Gasteiger charge is -2.35. The van der Waals surface area contributed by atoms with Gasteiger partial charge in [-0.2, -0.15) is 5.10 Å². The van der Waals surface area contributed by atoms with Crippen molar-refractivity contribution in [3.63, 3.8) is 0 Å². The molecule has 1 saturated heterocycles. The number of halogens is 2. The maximum absolute atomic E-state index is 14.9. The van der Waals surface area contributed by atoms with Gasteiger partial charge in [0.1, 0.15) is 17.4 Å². The SMILES string of the molecule is O=C(COc1ccc2c(c1)CCCN2C(=O)CCl)NCCCCCCCCC(=O)N1CCN(C(=O)c2cc(Cc3n[nH]c(=O)c4ccccc34)ccc2F)CC1. The van der Waals surface area contributed by atoms with Gasteiger partial charge in [-0.3, -0.25) is 24.0 Å². The number of aromatic amines is 1. The zero-order chi connectivity index (χ0) is 39.4. The third-order valence-corrected chi connectivity index (χ3v) is 10.7.